The third-order valence-corrected chi connectivity index (χ3v) is 13.2. The summed E-state index contributed by atoms with van der Waals surface area (Å²) in [6.07, 6.45) is -10.8. The summed E-state index contributed by atoms with van der Waals surface area (Å²) in [5.41, 5.74) is -6.42. The molecule has 0 spiro atoms. The van der Waals surface area contributed by atoms with Gasteiger partial charge in [-0.05, 0) is 63.5 Å². The van der Waals surface area contributed by atoms with Crippen LogP contribution in [0.15, 0.2) is 71.8 Å². The molecule has 0 aromatic heterocycles. The predicted octanol–water partition coefficient (Wildman–Crippen LogP) is 4.36. The van der Waals surface area contributed by atoms with E-state index in [1.807, 2.05) is 0 Å². The summed E-state index contributed by atoms with van der Waals surface area (Å²) in [4.78, 5) is 55.9. The fourth-order valence-electron chi connectivity index (χ4n) is 10.2. The first kappa shape index (κ1) is 45.3. The number of esters is 2. The maximum absolute atomic E-state index is 15.6. The zero-order valence-electron chi connectivity index (χ0n) is 35.9. The number of Topliss-reactive ketones (excluding diaryl/α,β-unsaturated/α-hetero) is 1. The van der Waals surface area contributed by atoms with E-state index in [1.54, 1.807) is 109 Å². The Balaban J connectivity index is 1.52. The van der Waals surface area contributed by atoms with E-state index in [0.717, 1.165) is 0 Å². The molecule has 12 atom stereocenters. The number of aliphatic hydroxyl groups excluding tert-OH is 2. The van der Waals surface area contributed by atoms with Crippen LogP contribution in [-0.2, 0) is 42.7 Å². The number of amides is 1. The van der Waals surface area contributed by atoms with Gasteiger partial charge >= 0.3 is 18.0 Å². The number of hydrogen-bond donors (Lipinski definition) is 4. The van der Waals surface area contributed by atoms with E-state index in [4.69, 9.17) is 33.2 Å². The standard InChI is InChI=1S/C45H59NO14/c1-24-28(57-39(51)33(48)32(26-17-13-11-14-18-26)46-40(52)60-41(3,4)5)22-45(53)37(58-38(50)27-19-15-12-16-20-27)35-43(8,36(49)34(55-10)31(24)42(45,6)7)29(54-9)21-30-44(35,23-56-30)59-25(2)47/h11-20,28-30,32-35,37,39,48,51,53H,21-23H2,1-10H3,(H,46,52)/t28?,29-,30+,32-,33+,34+,35-,37-,39?,43+,44-,45+/m0/s1/i32+2. The van der Waals surface area contributed by atoms with Gasteiger partial charge in [0.05, 0.1) is 41.8 Å². The normalized spacial score (nSPS) is 33.6. The number of ether oxygens (including phenoxy) is 7. The number of hydrogen-bond acceptors (Lipinski definition) is 14. The van der Waals surface area contributed by atoms with Crippen molar-refractivity contribution in [1.82, 2.24) is 5.32 Å². The Kier molecular flexibility index (Phi) is 12.5. The number of fused-ring (bicyclic) bond motifs is 5. The molecule has 1 saturated heterocycles. The highest BCUT2D eigenvalue weighted by atomic mass is 16.6. The van der Waals surface area contributed by atoms with Crippen molar-refractivity contribution >= 4 is 23.8 Å². The summed E-state index contributed by atoms with van der Waals surface area (Å²) in [7, 11) is 2.81. The van der Waals surface area contributed by atoms with Crippen molar-refractivity contribution in [1.29, 1.82) is 0 Å². The van der Waals surface area contributed by atoms with Crippen LogP contribution in [0.25, 0.3) is 0 Å². The van der Waals surface area contributed by atoms with Crippen LogP contribution in [0.2, 0.25) is 0 Å². The lowest BCUT2D eigenvalue weighted by Crippen LogP contribution is -2.82. The second-order valence-electron chi connectivity index (χ2n) is 18.1. The van der Waals surface area contributed by atoms with Gasteiger partial charge in [0, 0.05) is 39.4 Å². The minimum absolute atomic E-state index is 0.133. The predicted molar refractivity (Wildman–Crippen MR) is 214 cm³/mol. The summed E-state index contributed by atoms with van der Waals surface area (Å²) in [6.45, 7) is 12.9. The summed E-state index contributed by atoms with van der Waals surface area (Å²) < 4.78 is 42.7. The van der Waals surface area contributed by atoms with E-state index in [2.05, 4.69) is 5.32 Å². The van der Waals surface area contributed by atoms with Gasteiger partial charge in [0.2, 0.25) is 0 Å². The van der Waals surface area contributed by atoms with Gasteiger partial charge in [0.15, 0.2) is 17.7 Å². The average molecular weight is 840 g/mol. The highest BCUT2D eigenvalue weighted by Gasteiger charge is 2.78. The fourth-order valence-corrected chi connectivity index (χ4v) is 10.2. The summed E-state index contributed by atoms with van der Waals surface area (Å²) in [5, 5.41) is 39.9. The summed E-state index contributed by atoms with van der Waals surface area (Å²) >= 11 is 0. The van der Waals surface area contributed by atoms with Crippen molar-refractivity contribution < 1.29 is 67.7 Å². The van der Waals surface area contributed by atoms with Crippen LogP contribution in [0.5, 0.6) is 0 Å². The minimum atomic E-state index is -2.18. The monoisotopic (exact) mass is 839 g/mol. The van der Waals surface area contributed by atoms with Crippen molar-refractivity contribution in [2.45, 2.75) is 134 Å². The van der Waals surface area contributed by atoms with E-state index in [0.29, 0.717) is 16.7 Å². The number of rotatable bonds is 11. The molecule has 1 heterocycles. The van der Waals surface area contributed by atoms with Crippen LogP contribution in [0.1, 0.15) is 90.2 Å². The molecule has 1 aliphatic heterocycles. The molecule has 60 heavy (non-hydrogen) atoms. The second kappa shape index (κ2) is 16.6. The number of benzene rings is 2. The van der Waals surface area contributed by atoms with Crippen LogP contribution in [0.4, 0.5) is 4.79 Å². The first-order valence-corrected chi connectivity index (χ1v) is 20.2. The van der Waals surface area contributed by atoms with Crippen LogP contribution in [0, 0.1) is 16.7 Å². The summed E-state index contributed by atoms with van der Waals surface area (Å²) in [5.74, 6) is -3.27. The van der Waals surface area contributed by atoms with Crippen molar-refractivity contribution in [2.75, 3.05) is 20.8 Å². The van der Waals surface area contributed by atoms with E-state index < -0.39 is 106 Å². The van der Waals surface area contributed by atoms with Gasteiger partial charge in [-0.2, -0.15) is 0 Å². The van der Waals surface area contributed by atoms with Gasteiger partial charge in [-0.1, -0.05) is 62.4 Å². The van der Waals surface area contributed by atoms with E-state index in [-0.39, 0.29) is 25.0 Å². The number of nitrogens with one attached hydrogen (secondary N) is 1. The van der Waals surface area contributed by atoms with Gasteiger partial charge in [-0.3, -0.25) is 9.59 Å². The van der Waals surface area contributed by atoms with Gasteiger partial charge in [0.25, 0.3) is 0 Å². The molecule has 2 saturated carbocycles. The van der Waals surface area contributed by atoms with Crippen LogP contribution >= 0.6 is 0 Å². The Morgan fingerprint density at radius 2 is 1.58 bits per heavy atom. The van der Waals surface area contributed by atoms with Crippen LogP contribution < -0.4 is 5.32 Å². The lowest BCUT2D eigenvalue weighted by molar-refractivity contribution is -0.348. The largest absolute Gasteiger partial charge is 0.455 e. The topological polar surface area (TPSA) is 206 Å². The van der Waals surface area contributed by atoms with Gasteiger partial charge in [-0.25, -0.2) is 9.59 Å². The zero-order chi connectivity index (χ0) is 44.2. The average Bonchev–Trinajstić information content (AvgIpc) is 3.18. The van der Waals surface area contributed by atoms with E-state index in [1.165, 1.54) is 21.1 Å². The molecule has 2 unspecified atom stereocenters. The third-order valence-electron chi connectivity index (χ3n) is 13.2. The fraction of sp³-hybridized carbons (Fsp3) is 0.600. The van der Waals surface area contributed by atoms with Gasteiger partial charge in [0.1, 0.15) is 35.6 Å². The molecule has 328 valence electrons. The Bertz CT molecular complexity index is 1960. The van der Waals surface area contributed by atoms with Crippen molar-refractivity contribution in [3.8, 4) is 0 Å². The number of alkyl carbamates (subject to hydrolysis) is 1. The first-order chi connectivity index (χ1) is 28.1. The molecule has 6 rings (SSSR count). The smallest absolute Gasteiger partial charge is 0.408 e. The molecule has 3 aliphatic carbocycles. The lowest BCUT2D eigenvalue weighted by atomic mass is 9.44. The second-order valence-corrected chi connectivity index (χ2v) is 18.1. The first-order valence-electron chi connectivity index (χ1n) is 20.2. The van der Waals surface area contributed by atoms with Crippen molar-refractivity contribution in [2.24, 2.45) is 16.7 Å². The molecule has 4 N–H and O–H groups in total. The molecule has 15 heteroatoms. The van der Waals surface area contributed by atoms with Crippen molar-refractivity contribution in [3.05, 3.63) is 82.9 Å². The Labute approximate surface area is 350 Å². The summed E-state index contributed by atoms with van der Waals surface area (Å²) in [6, 6.07) is 15.4. The number of aliphatic hydroxyl groups is 3. The third kappa shape index (κ3) is 7.67. The number of methoxy groups -OCH3 is 2. The number of carbonyl (C=O) groups excluding carboxylic acids is 4. The van der Waals surface area contributed by atoms with E-state index >= 15 is 4.79 Å². The van der Waals surface area contributed by atoms with Crippen molar-refractivity contribution in [3.63, 3.8) is 0 Å². The molecule has 2 aromatic rings. The molecular weight excluding hydrogens is 780 g/mol. The molecule has 15 nitrogen and oxygen atoms in total. The number of carbonyl (C=O) groups is 4. The molecular formula is C45H59NO14. The van der Waals surface area contributed by atoms with Gasteiger partial charge in [-0.15, -0.1) is 0 Å². The van der Waals surface area contributed by atoms with Crippen LogP contribution in [-0.4, -0.2) is 120 Å². The van der Waals surface area contributed by atoms with E-state index in [9.17, 15) is 29.7 Å². The highest BCUT2D eigenvalue weighted by Crippen LogP contribution is 2.64. The lowest BCUT2D eigenvalue weighted by Gasteiger charge is -2.68. The number of ketones is 1. The molecule has 4 aliphatic rings. The minimum Gasteiger partial charge on any atom is -0.455 e. The maximum Gasteiger partial charge on any atom is 0.408 e. The molecule has 1 amide bonds. The maximum atomic E-state index is 15.6. The Morgan fingerprint density at radius 3 is 2.12 bits per heavy atom. The molecule has 0 radical (unpaired) electrons. The highest BCUT2D eigenvalue weighted by molar-refractivity contribution is 5.94. The van der Waals surface area contributed by atoms with Gasteiger partial charge < -0.3 is 53.8 Å². The Hall–Kier alpha value is -4.22. The SMILES string of the molecule is CO[C@H]1C(=O)[C@]2(C)[C@@H](OC)C[C@H]3OC[C@@]3(OC(C)=O)[C@H]2[C@H](OC(=O)c2ccccc2)[C@]2(O)CC(OC(O)[C@H](O)[14C@@H](NC(=O)OC(C)(C)C)c3ccccc3)C(C)=C1C2(C)C. The Morgan fingerprint density at radius 1 is 0.967 bits per heavy atom. The zero-order valence-corrected chi connectivity index (χ0v) is 35.9. The molecule has 3 fully saturated rings. The molecule has 2 bridgehead atoms. The van der Waals surface area contributed by atoms with Crippen LogP contribution in [0.3, 0.4) is 0 Å². The molecule has 2 aromatic carbocycles. The quantitative estimate of drug-likeness (QED) is 0.108.